The number of rotatable bonds is 6. The van der Waals surface area contributed by atoms with Crippen molar-refractivity contribution in [1.29, 1.82) is 0 Å². The van der Waals surface area contributed by atoms with Gasteiger partial charge in [-0.2, -0.15) is 0 Å². The van der Waals surface area contributed by atoms with E-state index in [1.165, 1.54) is 0 Å². The maximum absolute atomic E-state index is 11.9. The van der Waals surface area contributed by atoms with Gasteiger partial charge in [-0.3, -0.25) is 14.5 Å². The molecule has 0 unspecified atom stereocenters. The lowest BCUT2D eigenvalue weighted by Crippen LogP contribution is -2.43. The summed E-state index contributed by atoms with van der Waals surface area (Å²) in [6.07, 6.45) is 0.439. The lowest BCUT2D eigenvalue weighted by Gasteiger charge is -2.17. The van der Waals surface area contributed by atoms with Crippen LogP contribution in [0.5, 0.6) is 0 Å². The number of nitrogens with one attached hydrogen (secondary N) is 2. The fourth-order valence-electron chi connectivity index (χ4n) is 2.46. The molecule has 0 spiro atoms. The normalized spacial score (nSPS) is 19.2. The summed E-state index contributed by atoms with van der Waals surface area (Å²) in [5.74, 6) is -0.452. The largest absolute Gasteiger partial charge is 0.351 e. The molecular weight excluding hydrogens is 354 g/mol. The molecule has 1 atom stereocenters. The number of amides is 2. The Hall–Kier alpha value is -1.64. The number of halogens is 1. The van der Waals surface area contributed by atoms with Gasteiger partial charge < -0.3 is 10.6 Å². The first kappa shape index (κ1) is 18.7. The van der Waals surface area contributed by atoms with Crippen LogP contribution in [0.2, 0.25) is 5.02 Å². The van der Waals surface area contributed by atoms with Crippen molar-refractivity contribution in [2.45, 2.75) is 12.5 Å². The van der Waals surface area contributed by atoms with Crippen LogP contribution in [0.3, 0.4) is 0 Å². The number of hydrogen-bond donors (Lipinski definition) is 2. The predicted octanol–water partition coefficient (Wildman–Crippen LogP) is 0.514. The van der Waals surface area contributed by atoms with E-state index in [0.717, 1.165) is 0 Å². The van der Waals surface area contributed by atoms with Crippen molar-refractivity contribution in [3.63, 3.8) is 0 Å². The van der Waals surface area contributed by atoms with E-state index < -0.39 is 9.84 Å². The number of anilines is 1. The van der Waals surface area contributed by atoms with Crippen LogP contribution in [0.1, 0.15) is 6.42 Å². The van der Waals surface area contributed by atoms with Gasteiger partial charge in [-0.05, 0) is 37.7 Å². The Morgan fingerprint density at radius 1 is 1.21 bits per heavy atom. The van der Waals surface area contributed by atoms with Crippen LogP contribution in [0.25, 0.3) is 0 Å². The molecule has 132 valence electrons. The second-order valence-corrected chi connectivity index (χ2v) is 8.56. The summed E-state index contributed by atoms with van der Waals surface area (Å²) in [6.45, 7) is 0.0591. The van der Waals surface area contributed by atoms with E-state index in [2.05, 4.69) is 10.6 Å². The van der Waals surface area contributed by atoms with Crippen molar-refractivity contribution >= 4 is 38.9 Å². The maximum atomic E-state index is 11.9. The molecule has 1 fully saturated rings. The zero-order valence-electron chi connectivity index (χ0n) is 13.3. The van der Waals surface area contributed by atoms with Gasteiger partial charge in [-0.15, -0.1) is 0 Å². The molecule has 0 saturated carbocycles. The molecule has 7 nitrogen and oxygen atoms in total. The molecule has 2 N–H and O–H groups in total. The molecule has 2 rings (SSSR count). The van der Waals surface area contributed by atoms with Crippen LogP contribution in [0.4, 0.5) is 5.69 Å². The SMILES string of the molecule is CN(CC(=O)Nc1ccc(Cl)cc1)CC(=O)N[C@@H]1CCS(=O)(=O)C1. The van der Waals surface area contributed by atoms with E-state index in [1.54, 1.807) is 36.2 Å². The summed E-state index contributed by atoms with van der Waals surface area (Å²) >= 11 is 5.77. The molecular formula is C15H20ClN3O4S. The minimum absolute atomic E-state index is 0.0144. The van der Waals surface area contributed by atoms with Crippen LogP contribution < -0.4 is 10.6 Å². The number of likely N-dealkylation sites (N-methyl/N-ethyl adjacent to an activating group) is 1. The first-order valence-electron chi connectivity index (χ1n) is 7.47. The molecule has 1 aliphatic heterocycles. The number of sulfone groups is 1. The molecule has 1 aromatic rings. The van der Waals surface area contributed by atoms with Crippen LogP contribution >= 0.6 is 11.6 Å². The Morgan fingerprint density at radius 3 is 2.42 bits per heavy atom. The Balaban J connectivity index is 1.73. The average Bonchev–Trinajstić information content (AvgIpc) is 2.79. The van der Waals surface area contributed by atoms with Gasteiger partial charge in [0.25, 0.3) is 0 Å². The number of carbonyl (C=O) groups is 2. The molecule has 1 aromatic carbocycles. The minimum atomic E-state index is -3.03. The van der Waals surface area contributed by atoms with E-state index in [1.807, 2.05) is 0 Å². The second-order valence-electron chi connectivity index (χ2n) is 5.89. The fourth-order valence-corrected chi connectivity index (χ4v) is 4.26. The zero-order chi connectivity index (χ0) is 17.7. The predicted molar refractivity (Wildman–Crippen MR) is 92.8 cm³/mol. The minimum Gasteiger partial charge on any atom is -0.351 e. The maximum Gasteiger partial charge on any atom is 0.238 e. The average molecular weight is 374 g/mol. The number of benzene rings is 1. The van der Waals surface area contributed by atoms with Crippen LogP contribution in [-0.4, -0.2) is 62.8 Å². The van der Waals surface area contributed by atoms with Crippen LogP contribution in [-0.2, 0) is 19.4 Å². The Labute approximate surface area is 146 Å². The van der Waals surface area contributed by atoms with Gasteiger partial charge in [0.2, 0.25) is 11.8 Å². The third-order valence-electron chi connectivity index (χ3n) is 3.55. The smallest absolute Gasteiger partial charge is 0.238 e. The summed E-state index contributed by atoms with van der Waals surface area (Å²) in [6, 6.07) is 6.38. The standard InChI is InChI=1S/C15H20ClN3O4S/c1-19(8-14(20)17-12-4-2-11(16)3-5-12)9-15(21)18-13-6-7-24(22,23)10-13/h2-5,13H,6-10H2,1H3,(H,17,20)(H,18,21)/t13-/m1/s1. The summed E-state index contributed by atoms with van der Waals surface area (Å²) in [7, 11) is -1.38. The summed E-state index contributed by atoms with van der Waals surface area (Å²) < 4.78 is 22.7. The van der Waals surface area contributed by atoms with Gasteiger partial charge in [0.15, 0.2) is 9.84 Å². The van der Waals surface area contributed by atoms with Crippen molar-refractivity contribution in [1.82, 2.24) is 10.2 Å². The Kier molecular flexibility index (Phi) is 6.20. The van der Waals surface area contributed by atoms with E-state index in [-0.39, 0.29) is 42.5 Å². The number of carbonyl (C=O) groups excluding carboxylic acids is 2. The van der Waals surface area contributed by atoms with Crippen molar-refractivity contribution in [3.8, 4) is 0 Å². The van der Waals surface area contributed by atoms with E-state index in [9.17, 15) is 18.0 Å². The molecule has 0 bridgehead atoms. The van der Waals surface area contributed by atoms with Crippen LogP contribution in [0, 0.1) is 0 Å². The first-order valence-corrected chi connectivity index (χ1v) is 9.67. The Bertz CT molecular complexity index is 706. The summed E-state index contributed by atoms with van der Waals surface area (Å²) in [5, 5.41) is 5.97. The highest BCUT2D eigenvalue weighted by molar-refractivity contribution is 7.91. The topological polar surface area (TPSA) is 95.6 Å². The van der Waals surface area contributed by atoms with Gasteiger partial charge in [-0.1, -0.05) is 11.6 Å². The summed E-state index contributed by atoms with van der Waals surface area (Å²) in [5.41, 5.74) is 0.624. The third kappa shape index (κ3) is 6.10. The molecule has 0 aliphatic carbocycles. The number of nitrogens with zero attached hydrogens (tertiary/aromatic N) is 1. The van der Waals surface area contributed by atoms with Crippen molar-refractivity contribution in [3.05, 3.63) is 29.3 Å². The van der Waals surface area contributed by atoms with E-state index in [0.29, 0.717) is 17.1 Å². The van der Waals surface area contributed by atoms with E-state index in [4.69, 9.17) is 11.6 Å². The molecule has 1 aliphatic rings. The van der Waals surface area contributed by atoms with Crippen molar-refractivity contribution in [2.24, 2.45) is 0 Å². The van der Waals surface area contributed by atoms with Gasteiger partial charge in [0, 0.05) is 16.8 Å². The zero-order valence-corrected chi connectivity index (χ0v) is 14.9. The highest BCUT2D eigenvalue weighted by Crippen LogP contribution is 2.13. The van der Waals surface area contributed by atoms with Gasteiger partial charge in [-0.25, -0.2) is 8.42 Å². The molecule has 9 heteroatoms. The summed E-state index contributed by atoms with van der Waals surface area (Å²) in [4.78, 5) is 25.4. The Morgan fingerprint density at radius 2 is 1.83 bits per heavy atom. The van der Waals surface area contributed by atoms with Gasteiger partial charge in [0.1, 0.15) is 0 Å². The third-order valence-corrected chi connectivity index (χ3v) is 5.57. The van der Waals surface area contributed by atoms with Crippen molar-refractivity contribution < 1.29 is 18.0 Å². The monoisotopic (exact) mass is 373 g/mol. The number of hydrogen-bond acceptors (Lipinski definition) is 5. The highest BCUT2D eigenvalue weighted by Gasteiger charge is 2.29. The molecule has 1 saturated heterocycles. The lowest BCUT2D eigenvalue weighted by molar-refractivity contribution is -0.123. The lowest BCUT2D eigenvalue weighted by atomic mass is 10.2. The van der Waals surface area contributed by atoms with Gasteiger partial charge >= 0.3 is 0 Å². The van der Waals surface area contributed by atoms with E-state index >= 15 is 0 Å². The second kappa shape index (κ2) is 7.96. The first-order chi connectivity index (χ1) is 11.2. The molecule has 0 radical (unpaired) electrons. The van der Waals surface area contributed by atoms with Crippen molar-refractivity contribution in [2.75, 3.05) is 37.0 Å². The van der Waals surface area contributed by atoms with Crippen LogP contribution in [0.15, 0.2) is 24.3 Å². The molecule has 0 aromatic heterocycles. The highest BCUT2D eigenvalue weighted by atomic mass is 35.5. The fraction of sp³-hybridized carbons (Fsp3) is 0.467. The molecule has 2 amide bonds. The molecule has 1 heterocycles. The molecule has 24 heavy (non-hydrogen) atoms. The van der Waals surface area contributed by atoms with Gasteiger partial charge in [0.05, 0.1) is 24.6 Å². The quantitative estimate of drug-likeness (QED) is 0.757.